The molecule has 2 heterocycles. The summed E-state index contributed by atoms with van der Waals surface area (Å²) < 4.78 is 105. The van der Waals surface area contributed by atoms with E-state index in [1.807, 2.05) is 0 Å². The fraction of sp³-hybridized carbons (Fsp3) is 0.208. The fourth-order valence-corrected chi connectivity index (χ4v) is 5.78. The summed E-state index contributed by atoms with van der Waals surface area (Å²) in [5, 5.41) is 20.2. The highest BCUT2D eigenvalue weighted by atomic mass is 32.2. The second-order valence-electron chi connectivity index (χ2n) is 8.38. The molecule has 0 spiro atoms. The van der Waals surface area contributed by atoms with E-state index in [-0.39, 0.29) is 38.5 Å². The maximum absolute atomic E-state index is 13.4. The van der Waals surface area contributed by atoms with Crippen molar-refractivity contribution in [3.8, 4) is 11.3 Å². The number of carbonyl (C=O) groups is 1. The van der Waals surface area contributed by atoms with E-state index >= 15 is 0 Å². The van der Waals surface area contributed by atoms with Gasteiger partial charge in [-0.1, -0.05) is 16.6 Å². The van der Waals surface area contributed by atoms with E-state index in [1.165, 1.54) is 23.7 Å². The van der Waals surface area contributed by atoms with Crippen molar-refractivity contribution in [1.29, 1.82) is 0 Å². The Kier molecular flexibility index (Phi) is 8.26. The van der Waals surface area contributed by atoms with Crippen molar-refractivity contribution < 1.29 is 54.6 Å². The zero-order chi connectivity index (χ0) is 30.2. The minimum atomic E-state index is -5.52. The Morgan fingerprint density at radius 1 is 1.02 bits per heavy atom. The average Bonchev–Trinajstić information content (AvgIpc) is 3.44. The molecule has 4 aromatic rings. The molecule has 0 saturated heterocycles. The Hall–Kier alpha value is -3.80. The van der Waals surface area contributed by atoms with Crippen LogP contribution in [0.2, 0.25) is 0 Å². The summed E-state index contributed by atoms with van der Waals surface area (Å²) in [5.74, 6) is -2.80. The third-order valence-corrected chi connectivity index (χ3v) is 7.97. The first-order valence-corrected chi connectivity index (χ1v) is 13.6. The molecule has 41 heavy (non-hydrogen) atoms. The second-order valence-corrected chi connectivity index (χ2v) is 11.0. The summed E-state index contributed by atoms with van der Waals surface area (Å²) in [5.41, 5.74) is -0.770. The van der Waals surface area contributed by atoms with Crippen molar-refractivity contribution >= 4 is 43.2 Å². The lowest BCUT2D eigenvalue weighted by molar-refractivity contribution is -0.199. The van der Waals surface area contributed by atoms with Crippen LogP contribution in [0.4, 0.5) is 31.5 Å². The normalized spacial score (nSPS) is 13.3. The van der Waals surface area contributed by atoms with Gasteiger partial charge in [0.05, 0.1) is 28.9 Å². The Morgan fingerprint density at radius 2 is 1.76 bits per heavy atom. The number of hydrogen-bond donors (Lipinski definition) is 2. The van der Waals surface area contributed by atoms with Gasteiger partial charge in [0.2, 0.25) is 5.13 Å². The van der Waals surface area contributed by atoms with Crippen molar-refractivity contribution in [3.63, 3.8) is 0 Å². The number of anilines is 1. The molecule has 218 valence electrons. The van der Waals surface area contributed by atoms with Crippen LogP contribution in [-0.4, -0.2) is 53.5 Å². The lowest BCUT2D eigenvalue weighted by atomic mass is 9.94. The topological polar surface area (TPSA) is 130 Å². The van der Waals surface area contributed by atoms with Crippen LogP contribution in [0.3, 0.4) is 0 Å². The lowest BCUT2D eigenvalue weighted by Gasteiger charge is -2.21. The predicted molar refractivity (Wildman–Crippen MR) is 133 cm³/mol. The van der Waals surface area contributed by atoms with Gasteiger partial charge in [0.15, 0.2) is 0 Å². The van der Waals surface area contributed by atoms with Crippen LogP contribution in [0.5, 0.6) is 0 Å². The maximum atomic E-state index is 13.4. The van der Waals surface area contributed by atoms with Gasteiger partial charge in [0.25, 0.3) is 10.0 Å². The molecule has 0 bridgehead atoms. The fourth-order valence-electron chi connectivity index (χ4n) is 3.74. The molecule has 0 fully saturated rings. The van der Waals surface area contributed by atoms with Crippen molar-refractivity contribution in [2.45, 2.75) is 29.8 Å². The number of benzene rings is 2. The number of aliphatic hydroxyl groups excluding tert-OH is 2. The number of pyridine rings is 1. The van der Waals surface area contributed by atoms with E-state index in [4.69, 9.17) is 0 Å². The van der Waals surface area contributed by atoms with Gasteiger partial charge in [-0.2, -0.15) is 34.8 Å². The Morgan fingerprint density at radius 3 is 2.37 bits per heavy atom. The molecule has 2 N–H and O–H groups in total. The van der Waals surface area contributed by atoms with Gasteiger partial charge >= 0.3 is 18.3 Å². The molecule has 2 aromatic carbocycles. The van der Waals surface area contributed by atoms with Crippen LogP contribution in [0.1, 0.15) is 11.1 Å². The molecule has 2 aromatic heterocycles. The summed E-state index contributed by atoms with van der Waals surface area (Å²) in [6.07, 6.45) is -9.67. The Bertz CT molecular complexity index is 1680. The number of hydrogen-bond acceptors (Lipinski definition) is 9. The maximum Gasteiger partial charge on any atom is 0.493 e. The standard InChI is InChI=1S/C24H17F6N3O6S2/c25-23(26,27)15-1-3-19(14(9-15)10-16(35)12-34)20-18-4-2-17(11-13(18)5-6-31-20)41(37,38)33(22-32-7-8-40-22)39-21(36)24(28,29)30/h1-9,11,16,34-35H,10,12H2. The van der Waals surface area contributed by atoms with Crippen LogP contribution in [0.15, 0.2) is 65.1 Å². The number of fused-ring (bicyclic) bond motifs is 1. The Balaban J connectivity index is 1.82. The highest BCUT2D eigenvalue weighted by molar-refractivity contribution is 7.92. The first-order valence-electron chi connectivity index (χ1n) is 11.2. The van der Waals surface area contributed by atoms with Gasteiger partial charge in [-0.25, -0.2) is 9.78 Å². The minimum Gasteiger partial charge on any atom is -0.394 e. The third kappa shape index (κ3) is 6.42. The number of alkyl halides is 6. The molecule has 0 saturated carbocycles. The number of thiazole rings is 1. The molecule has 17 heteroatoms. The third-order valence-electron chi connectivity index (χ3n) is 5.58. The second kappa shape index (κ2) is 11.2. The molecule has 0 aliphatic carbocycles. The van der Waals surface area contributed by atoms with E-state index in [2.05, 4.69) is 14.8 Å². The summed E-state index contributed by atoms with van der Waals surface area (Å²) in [6.45, 7) is -0.728. The first-order chi connectivity index (χ1) is 19.1. The minimum absolute atomic E-state index is 0.00733. The molecule has 0 aliphatic heterocycles. The van der Waals surface area contributed by atoms with E-state index in [0.29, 0.717) is 11.3 Å². The van der Waals surface area contributed by atoms with Crippen molar-refractivity contribution in [2.75, 3.05) is 11.1 Å². The molecule has 1 unspecified atom stereocenters. The molecule has 4 rings (SSSR count). The smallest absolute Gasteiger partial charge is 0.394 e. The van der Waals surface area contributed by atoms with Gasteiger partial charge in [-0.15, -0.1) is 11.3 Å². The van der Waals surface area contributed by atoms with Crippen molar-refractivity contribution in [1.82, 2.24) is 9.97 Å². The number of nitrogens with zero attached hydrogens (tertiary/aromatic N) is 3. The van der Waals surface area contributed by atoms with E-state index < -0.39 is 56.6 Å². The number of aromatic nitrogens is 2. The highest BCUT2D eigenvalue weighted by Gasteiger charge is 2.45. The molecule has 9 nitrogen and oxygen atoms in total. The molecular formula is C24H17F6N3O6S2. The molecule has 0 aliphatic rings. The molecule has 0 amide bonds. The van der Waals surface area contributed by atoms with Gasteiger partial charge in [0, 0.05) is 35.1 Å². The average molecular weight is 622 g/mol. The number of sulfonamides is 1. The summed E-state index contributed by atoms with van der Waals surface area (Å²) >= 11 is 0.582. The van der Waals surface area contributed by atoms with Gasteiger partial charge in [0.1, 0.15) is 0 Å². The number of aliphatic hydroxyl groups is 2. The van der Waals surface area contributed by atoms with Crippen LogP contribution in [0.25, 0.3) is 22.0 Å². The summed E-state index contributed by atoms with van der Waals surface area (Å²) in [6, 6.07) is 7.31. The van der Waals surface area contributed by atoms with Crippen LogP contribution in [-0.2, 0) is 32.3 Å². The number of halogens is 6. The monoisotopic (exact) mass is 621 g/mol. The van der Waals surface area contributed by atoms with E-state index in [1.54, 1.807) is 0 Å². The van der Waals surface area contributed by atoms with Crippen LogP contribution < -0.4 is 4.47 Å². The van der Waals surface area contributed by atoms with Crippen molar-refractivity contribution in [2.24, 2.45) is 0 Å². The van der Waals surface area contributed by atoms with E-state index in [9.17, 15) is 49.8 Å². The zero-order valence-electron chi connectivity index (χ0n) is 20.2. The van der Waals surface area contributed by atoms with E-state index in [0.717, 1.165) is 36.5 Å². The predicted octanol–water partition coefficient (Wildman–Crippen LogP) is 4.49. The van der Waals surface area contributed by atoms with Gasteiger partial charge in [-0.3, -0.25) is 4.98 Å². The molecule has 1 atom stereocenters. The SMILES string of the molecule is O=C(ON(c1nccs1)S(=O)(=O)c1ccc2c(-c3ccc(C(F)(F)F)cc3CC(O)CO)nccc2c1)C(F)(F)F. The lowest BCUT2D eigenvalue weighted by Crippen LogP contribution is -2.38. The first kappa shape index (κ1) is 30.2. The molecular weight excluding hydrogens is 604 g/mol. The zero-order valence-corrected chi connectivity index (χ0v) is 21.9. The quantitative estimate of drug-likeness (QED) is 0.218. The largest absolute Gasteiger partial charge is 0.493 e. The molecule has 0 radical (unpaired) electrons. The van der Waals surface area contributed by atoms with Crippen molar-refractivity contribution in [3.05, 3.63) is 71.4 Å². The van der Waals surface area contributed by atoms with Crippen LogP contribution >= 0.6 is 11.3 Å². The van der Waals surface area contributed by atoms with Crippen LogP contribution in [0, 0.1) is 0 Å². The summed E-state index contributed by atoms with van der Waals surface area (Å²) in [4.78, 5) is 22.9. The van der Waals surface area contributed by atoms with Gasteiger partial charge < -0.3 is 15.1 Å². The summed E-state index contributed by atoms with van der Waals surface area (Å²) in [7, 11) is -4.97. The van der Waals surface area contributed by atoms with Gasteiger partial charge in [-0.05, 0) is 41.3 Å². The highest BCUT2D eigenvalue weighted by Crippen LogP contribution is 2.37. The Labute approximate surface area is 231 Å². The number of carbonyl (C=O) groups excluding carboxylic acids is 1. The number of rotatable bonds is 8.